The molecule has 2 fully saturated rings. The number of hydrogen-bond acceptors (Lipinski definition) is 3. The first kappa shape index (κ1) is 11.7. The third-order valence-corrected chi connectivity index (χ3v) is 5.09. The molecule has 3 heteroatoms. The highest BCUT2D eigenvalue weighted by Gasteiger charge is 2.53. The molecule has 0 radical (unpaired) electrons. The van der Waals surface area contributed by atoms with Crippen molar-refractivity contribution in [1.82, 2.24) is 0 Å². The zero-order valence-corrected chi connectivity index (χ0v) is 10.8. The Morgan fingerprint density at radius 3 is 2.89 bits per heavy atom. The van der Waals surface area contributed by atoms with Gasteiger partial charge >= 0.3 is 5.97 Å². The van der Waals surface area contributed by atoms with Gasteiger partial charge in [-0.25, -0.2) is 4.79 Å². The number of carbonyl (C=O) groups excluding carboxylic acids is 2. The van der Waals surface area contributed by atoms with Crippen molar-refractivity contribution in [3.63, 3.8) is 0 Å². The highest BCUT2D eigenvalue weighted by Crippen LogP contribution is 2.54. The maximum atomic E-state index is 11.8. The number of fused-ring (bicyclic) bond motifs is 2. The Balaban J connectivity index is 1.96. The quantitative estimate of drug-likeness (QED) is 0.486. The van der Waals surface area contributed by atoms with E-state index >= 15 is 0 Å². The molecule has 1 saturated heterocycles. The number of allylic oxidation sites excluding steroid dienone is 2. The maximum absolute atomic E-state index is 11.8. The van der Waals surface area contributed by atoms with Crippen molar-refractivity contribution < 1.29 is 14.3 Å². The summed E-state index contributed by atoms with van der Waals surface area (Å²) in [5, 5.41) is 0. The second-order valence-corrected chi connectivity index (χ2v) is 6.15. The predicted octanol–water partition coefficient (Wildman–Crippen LogP) is 2.28. The SMILES string of the molecule is C=C1C(=O)OC2CC3(C)C=CC(=O)C(C)C3CC12. The first-order chi connectivity index (χ1) is 8.42. The fraction of sp³-hybridized carbons (Fsp3) is 0.600. The van der Waals surface area contributed by atoms with Crippen molar-refractivity contribution in [2.75, 3.05) is 0 Å². The molecule has 1 aliphatic heterocycles. The molecule has 3 aliphatic rings. The van der Waals surface area contributed by atoms with Gasteiger partial charge in [0.25, 0.3) is 0 Å². The lowest BCUT2D eigenvalue weighted by molar-refractivity contribution is -0.143. The molecule has 96 valence electrons. The fourth-order valence-electron chi connectivity index (χ4n) is 3.87. The number of rotatable bonds is 0. The van der Waals surface area contributed by atoms with E-state index in [0.717, 1.165) is 12.8 Å². The molecule has 0 bridgehead atoms. The Morgan fingerprint density at radius 2 is 2.17 bits per heavy atom. The number of ether oxygens (including phenoxy) is 1. The van der Waals surface area contributed by atoms with Gasteiger partial charge in [0.15, 0.2) is 5.78 Å². The molecule has 0 amide bonds. The van der Waals surface area contributed by atoms with E-state index in [0.29, 0.717) is 11.5 Å². The first-order valence-electron chi connectivity index (χ1n) is 6.55. The van der Waals surface area contributed by atoms with E-state index in [-0.39, 0.29) is 35.1 Å². The van der Waals surface area contributed by atoms with Crippen LogP contribution in [-0.2, 0) is 14.3 Å². The molecule has 5 unspecified atom stereocenters. The van der Waals surface area contributed by atoms with Gasteiger partial charge in [0.1, 0.15) is 6.10 Å². The van der Waals surface area contributed by atoms with Crippen LogP contribution in [0.5, 0.6) is 0 Å². The minimum absolute atomic E-state index is 0.0284. The van der Waals surface area contributed by atoms with Crippen LogP contribution in [0.1, 0.15) is 26.7 Å². The molecule has 2 aliphatic carbocycles. The smallest absolute Gasteiger partial charge is 0.334 e. The normalized spacial score (nSPS) is 46.7. The van der Waals surface area contributed by atoms with E-state index in [2.05, 4.69) is 13.5 Å². The molecule has 0 aromatic carbocycles. The Morgan fingerprint density at radius 1 is 1.44 bits per heavy atom. The van der Waals surface area contributed by atoms with Gasteiger partial charge in [0.2, 0.25) is 0 Å². The van der Waals surface area contributed by atoms with Crippen LogP contribution in [0.4, 0.5) is 0 Å². The van der Waals surface area contributed by atoms with Gasteiger partial charge in [0.05, 0.1) is 0 Å². The van der Waals surface area contributed by atoms with Crippen LogP contribution in [0.3, 0.4) is 0 Å². The van der Waals surface area contributed by atoms with Gasteiger partial charge in [-0.3, -0.25) is 4.79 Å². The topological polar surface area (TPSA) is 43.4 Å². The lowest BCUT2D eigenvalue weighted by Crippen LogP contribution is -2.46. The maximum Gasteiger partial charge on any atom is 0.334 e. The largest absolute Gasteiger partial charge is 0.458 e. The summed E-state index contributed by atoms with van der Waals surface area (Å²) in [6.45, 7) is 8.01. The van der Waals surface area contributed by atoms with E-state index in [9.17, 15) is 9.59 Å². The molecule has 1 heterocycles. The molecule has 0 spiro atoms. The highest BCUT2D eigenvalue weighted by atomic mass is 16.6. The Hall–Kier alpha value is -1.38. The summed E-state index contributed by atoms with van der Waals surface area (Å²) in [5.41, 5.74) is 0.565. The number of hydrogen-bond donors (Lipinski definition) is 0. The molecule has 0 aromatic heterocycles. The average molecular weight is 246 g/mol. The molecule has 18 heavy (non-hydrogen) atoms. The van der Waals surface area contributed by atoms with Crippen LogP contribution in [0.15, 0.2) is 24.3 Å². The molecule has 5 atom stereocenters. The summed E-state index contributed by atoms with van der Waals surface area (Å²) in [7, 11) is 0. The van der Waals surface area contributed by atoms with Gasteiger partial charge in [-0.05, 0) is 30.3 Å². The van der Waals surface area contributed by atoms with E-state index in [4.69, 9.17) is 4.74 Å². The zero-order chi connectivity index (χ0) is 13.1. The van der Waals surface area contributed by atoms with Gasteiger partial charge in [-0.2, -0.15) is 0 Å². The van der Waals surface area contributed by atoms with Crippen molar-refractivity contribution in [1.29, 1.82) is 0 Å². The van der Waals surface area contributed by atoms with E-state index in [1.807, 2.05) is 13.0 Å². The summed E-state index contributed by atoms with van der Waals surface area (Å²) >= 11 is 0. The highest BCUT2D eigenvalue weighted by molar-refractivity contribution is 5.93. The lowest BCUT2D eigenvalue weighted by Gasteiger charge is -2.47. The Bertz CT molecular complexity index is 476. The molecular formula is C15H18O3. The van der Waals surface area contributed by atoms with Crippen LogP contribution >= 0.6 is 0 Å². The van der Waals surface area contributed by atoms with Crippen LogP contribution in [0, 0.1) is 23.2 Å². The van der Waals surface area contributed by atoms with Crippen LogP contribution in [-0.4, -0.2) is 17.9 Å². The third-order valence-electron chi connectivity index (χ3n) is 5.09. The molecule has 3 nitrogen and oxygen atoms in total. The van der Waals surface area contributed by atoms with Crippen molar-refractivity contribution >= 4 is 11.8 Å². The lowest BCUT2D eigenvalue weighted by atomic mass is 9.56. The van der Waals surface area contributed by atoms with Gasteiger partial charge in [-0.15, -0.1) is 0 Å². The molecule has 3 rings (SSSR count). The van der Waals surface area contributed by atoms with Gasteiger partial charge in [-0.1, -0.05) is 26.5 Å². The molecular weight excluding hydrogens is 228 g/mol. The van der Waals surface area contributed by atoms with Gasteiger partial charge < -0.3 is 4.74 Å². The first-order valence-corrected chi connectivity index (χ1v) is 6.55. The minimum atomic E-state index is -0.254. The van der Waals surface area contributed by atoms with Crippen molar-refractivity contribution in [2.45, 2.75) is 32.8 Å². The van der Waals surface area contributed by atoms with E-state index in [1.165, 1.54) is 0 Å². The zero-order valence-electron chi connectivity index (χ0n) is 10.8. The van der Waals surface area contributed by atoms with Crippen LogP contribution in [0.25, 0.3) is 0 Å². The predicted molar refractivity (Wildman–Crippen MR) is 66.7 cm³/mol. The third kappa shape index (κ3) is 1.43. The second kappa shape index (κ2) is 3.56. The molecule has 0 aromatic rings. The number of carbonyl (C=O) groups is 2. The van der Waals surface area contributed by atoms with E-state index in [1.54, 1.807) is 6.08 Å². The summed E-state index contributed by atoms with van der Waals surface area (Å²) in [4.78, 5) is 23.4. The standard InChI is InChI=1S/C15H18O3/c1-8-10-6-11-9(2)12(16)4-5-15(11,3)7-13(10)18-14(8)17/h4-5,9-11,13H,1,6-7H2,2-3H3. The molecule has 0 N–H and O–H groups in total. The van der Waals surface area contributed by atoms with Crippen LogP contribution < -0.4 is 0 Å². The van der Waals surface area contributed by atoms with E-state index < -0.39 is 0 Å². The molecule has 1 saturated carbocycles. The van der Waals surface area contributed by atoms with Gasteiger partial charge in [0, 0.05) is 17.4 Å². The summed E-state index contributed by atoms with van der Waals surface area (Å²) < 4.78 is 5.40. The number of ketones is 1. The van der Waals surface area contributed by atoms with Crippen molar-refractivity contribution in [3.8, 4) is 0 Å². The Labute approximate surface area is 107 Å². The second-order valence-electron chi connectivity index (χ2n) is 6.15. The summed E-state index contributed by atoms with van der Waals surface area (Å²) in [6, 6.07) is 0. The number of esters is 1. The van der Waals surface area contributed by atoms with Crippen molar-refractivity contribution in [3.05, 3.63) is 24.3 Å². The fourth-order valence-corrected chi connectivity index (χ4v) is 3.87. The summed E-state index contributed by atoms with van der Waals surface area (Å²) in [5.74, 6) is 0.381. The van der Waals surface area contributed by atoms with Crippen molar-refractivity contribution in [2.24, 2.45) is 23.2 Å². The minimum Gasteiger partial charge on any atom is -0.458 e. The monoisotopic (exact) mass is 246 g/mol. The Kier molecular flexibility index (Phi) is 2.31. The average Bonchev–Trinajstić information content (AvgIpc) is 2.58. The summed E-state index contributed by atoms with van der Waals surface area (Å²) in [6.07, 6.45) is 5.32. The van der Waals surface area contributed by atoms with Crippen LogP contribution in [0.2, 0.25) is 0 Å².